The van der Waals surface area contributed by atoms with Gasteiger partial charge in [0.1, 0.15) is 0 Å². The van der Waals surface area contributed by atoms with Gasteiger partial charge in [-0.1, -0.05) is 6.58 Å². The van der Waals surface area contributed by atoms with Gasteiger partial charge in [0.2, 0.25) is 5.91 Å². The maximum absolute atomic E-state index is 10.9. The first-order valence-corrected chi connectivity index (χ1v) is 5.35. The Kier molecular flexibility index (Phi) is 2.87. The van der Waals surface area contributed by atoms with E-state index in [2.05, 4.69) is 11.9 Å². The molecule has 2 atom stereocenters. The summed E-state index contributed by atoms with van der Waals surface area (Å²) in [6.07, 6.45) is 6.91. The lowest BCUT2D eigenvalue weighted by atomic mass is 10.1. The van der Waals surface area contributed by atoms with Crippen molar-refractivity contribution in [2.75, 3.05) is 6.54 Å². The lowest BCUT2D eigenvalue weighted by Crippen LogP contribution is -2.31. The van der Waals surface area contributed by atoms with Crippen LogP contribution in [0.2, 0.25) is 0 Å². The molecule has 0 radical (unpaired) electrons. The molecule has 3 nitrogen and oxygen atoms in total. The minimum absolute atomic E-state index is 0.108. The first-order valence-electron chi connectivity index (χ1n) is 5.35. The Hall–Kier alpha value is -0.830. The summed E-state index contributed by atoms with van der Waals surface area (Å²) in [7, 11) is 0. The SMILES string of the molecule is C=CC(=O)NCC1CCC(C2CC2)O1. The summed E-state index contributed by atoms with van der Waals surface area (Å²) >= 11 is 0. The fourth-order valence-electron chi connectivity index (χ4n) is 1.99. The summed E-state index contributed by atoms with van der Waals surface area (Å²) in [6.45, 7) is 4.04. The van der Waals surface area contributed by atoms with E-state index in [0.29, 0.717) is 12.6 Å². The van der Waals surface area contributed by atoms with Crippen molar-refractivity contribution >= 4 is 5.91 Å². The molecule has 2 rings (SSSR count). The largest absolute Gasteiger partial charge is 0.373 e. The highest BCUT2D eigenvalue weighted by Crippen LogP contribution is 2.40. The molecular formula is C11H17NO2. The fraction of sp³-hybridized carbons (Fsp3) is 0.727. The van der Waals surface area contributed by atoms with Gasteiger partial charge < -0.3 is 10.1 Å². The number of rotatable bonds is 4. The van der Waals surface area contributed by atoms with E-state index in [1.807, 2.05) is 0 Å². The molecule has 1 heterocycles. The predicted octanol–water partition coefficient (Wildman–Crippen LogP) is 1.25. The minimum Gasteiger partial charge on any atom is -0.373 e. The quantitative estimate of drug-likeness (QED) is 0.685. The van der Waals surface area contributed by atoms with Crippen LogP contribution >= 0.6 is 0 Å². The average molecular weight is 195 g/mol. The van der Waals surface area contributed by atoms with E-state index in [1.165, 1.54) is 25.3 Å². The van der Waals surface area contributed by atoms with Gasteiger partial charge in [-0.2, -0.15) is 0 Å². The van der Waals surface area contributed by atoms with Gasteiger partial charge in [-0.05, 0) is 37.7 Å². The molecule has 1 N–H and O–H groups in total. The number of ether oxygens (including phenoxy) is 1. The van der Waals surface area contributed by atoms with Gasteiger partial charge in [-0.15, -0.1) is 0 Å². The molecule has 0 aromatic carbocycles. The van der Waals surface area contributed by atoms with Crippen molar-refractivity contribution in [1.29, 1.82) is 0 Å². The van der Waals surface area contributed by atoms with Crippen LogP contribution in [0.15, 0.2) is 12.7 Å². The van der Waals surface area contributed by atoms with Crippen molar-refractivity contribution in [1.82, 2.24) is 5.32 Å². The second kappa shape index (κ2) is 4.13. The maximum Gasteiger partial charge on any atom is 0.243 e. The first kappa shape index (κ1) is 9.71. The van der Waals surface area contributed by atoms with E-state index >= 15 is 0 Å². The molecule has 2 aliphatic rings. The highest BCUT2D eigenvalue weighted by atomic mass is 16.5. The monoisotopic (exact) mass is 195 g/mol. The van der Waals surface area contributed by atoms with Crippen LogP contribution in [0.5, 0.6) is 0 Å². The molecule has 2 fully saturated rings. The van der Waals surface area contributed by atoms with Crippen LogP contribution in [0, 0.1) is 5.92 Å². The van der Waals surface area contributed by atoms with Crippen molar-refractivity contribution < 1.29 is 9.53 Å². The van der Waals surface area contributed by atoms with Gasteiger partial charge in [-0.25, -0.2) is 0 Å². The second-order valence-corrected chi connectivity index (χ2v) is 4.16. The third-order valence-corrected chi connectivity index (χ3v) is 2.98. The van der Waals surface area contributed by atoms with E-state index in [4.69, 9.17) is 4.74 Å². The van der Waals surface area contributed by atoms with Crippen LogP contribution in [-0.4, -0.2) is 24.7 Å². The van der Waals surface area contributed by atoms with Crippen molar-refractivity contribution in [3.8, 4) is 0 Å². The van der Waals surface area contributed by atoms with Gasteiger partial charge in [-0.3, -0.25) is 4.79 Å². The first-order chi connectivity index (χ1) is 6.79. The summed E-state index contributed by atoms with van der Waals surface area (Å²) in [5, 5.41) is 2.77. The fourth-order valence-corrected chi connectivity index (χ4v) is 1.99. The third kappa shape index (κ3) is 2.35. The highest BCUT2D eigenvalue weighted by Gasteiger charge is 2.37. The maximum atomic E-state index is 10.9. The van der Waals surface area contributed by atoms with Gasteiger partial charge in [0.25, 0.3) is 0 Å². The zero-order valence-corrected chi connectivity index (χ0v) is 8.37. The molecule has 0 spiro atoms. The van der Waals surface area contributed by atoms with Gasteiger partial charge in [0.05, 0.1) is 12.2 Å². The Bertz CT molecular complexity index is 235. The molecule has 0 bridgehead atoms. The predicted molar refractivity (Wildman–Crippen MR) is 53.8 cm³/mol. The average Bonchev–Trinajstić information content (AvgIpc) is 2.95. The summed E-state index contributed by atoms with van der Waals surface area (Å²) in [5.41, 5.74) is 0. The summed E-state index contributed by atoms with van der Waals surface area (Å²) < 4.78 is 5.83. The molecule has 14 heavy (non-hydrogen) atoms. The Labute approximate surface area is 84.5 Å². The van der Waals surface area contributed by atoms with Crippen molar-refractivity contribution in [3.63, 3.8) is 0 Å². The van der Waals surface area contributed by atoms with Gasteiger partial charge in [0.15, 0.2) is 0 Å². The van der Waals surface area contributed by atoms with Crippen LogP contribution in [0.3, 0.4) is 0 Å². The van der Waals surface area contributed by atoms with E-state index in [1.54, 1.807) is 0 Å². The molecule has 0 aromatic rings. The van der Waals surface area contributed by atoms with Crippen molar-refractivity contribution in [2.24, 2.45) is 5.92 Å². The molecule has 1 amide bonds. The molecule has 1 saturated carbocycles. The molecule has 1 saturated heterocycles. The Morgan fingerprint density at radius 1 is 1.43 bits per heavy atom. The highest BCUT2D eigenvalue weighted by molar-refractivity contribution is 5.86. The van der Waals surface area contributed by atoms with Crippen LogP contribution in [-0.2, 0) is 9.53 Å². The number of carbonyl (C=O) groups excluding carboxylic acids is 1. The van der Waals surface area contributed by atoms with E-state index < -0.39 is 0 Å². The molecule has 2 unspecified atom stereocenters. The van der Waals surface area contributed by atoms with Crippen molar-refractivity contribution in [2.45, 2.75) is 37.9 Å². The van der Waals surface area contributed by atoms with Crippen LogP contribution < -0.4 is 5.32 Å². The Morgan fingerprint density at radius 3 is 2.86 bits per heavy atom. The number of amides is 1. The Balaban J connectivity index is 1.67. The van der Waals surface area contributed by atoms with E-state index in [9.17, 15) is 4.79 Å². The normalized spacial score (nSPS) is 31.4. The number of nitrogens with one attached hydrogen (secondary N) is 1. The summed E-state index contributed by atoms with van der Waals surface area (Å²) in [4.78, 5) is 10.9. The lowest BCUT2D eigenvalue weighted by molar-refractivity contribution is -0.117. The summed E-state index contributed by atoms with van der Waals surface area (Å²) in [5.74, 6) is 0.707. The molecule has 1 aliphatic carbocycles. The topological polar surface area (TPSA) is 38.3 Å². The molecule has 1 aliphatic heterocycles. The number of hydrogen-bond acceptors (Lipinski definition) is 2. The second-order valence-electron chi connectivity index (χ2n) is 4.16. The third-order valence-electron chi connectivity index (χ3n) is 2.98. The molecular weight excluding hydrogens is 178 g/mol. The smallest absolute Gasteiger partial charge is 0.243 e. The van der Waals surface area contributed by atoms with Crippen LogP contribution in [0.1, 0.15) is 25.7 Å². The minimum atomic E-state index is -0.108. The Morgan fingerprint density at radius 2 is 2.21 bits per heavy atom. The summed E-state index contributed by atoms with van der Waals surface area (Å²) in [6, 6.07) is 0. The molecule has 3 heteroatoms. The van der Waals surface area contributed by atoms with Gasteiger partial charge >= 0.3 is 0 Å². The van der Waals surface area contributed by atoms with E-state index in [-0.39, 0.29) is 12.0 Å². The standard InChI is InChI=1S/C11H17NO2/c1-2-11(13)12-7-9-5-6-10(14-9)8-3-4-8/h2,8-10H,1,3-7H2,(H,12,13). The van der Waals surface area contributed by atoms with E-state index in [0.717, 1.165) is 12.3 Å². The lowest BCUT2D eigenvalue weighted by Gasteiger charge is -2.13. The zero-order chi connectivity index (χ0) is 9.97. The van der Waals surface area contributed by atoms with Crippen LogP contribution in [0.25, 0.3) is 0 Å². The number of carbonyl (C=O) groups is 1. The molecule has 78 valence electrons. The zero-order valence-electron chi connectivity index (χ0n) is 8.37. The number of hydrogen-bond donors (Lipinski definition) is 1. The van der Waals surface area contributed by atoms with Crippen LogP contribution in [0.4, 0.5) is 0 Å². The van der Waals surface area contributed by atoms with Gasteiger partial charge in [0, 0.05) is 6.54 Å². The molecule has 0 aromatic heterocycles. The van der Waals surface area contributed by atoms with Crippen molar-refractivity contribution in [3.05, 3.63) is 12.7 Å².